The smallest absolute Gasteiger partial charge is 0.311 e. The predicted molar refractivity (Wildman–Crippen MR) is 71.3 cm³/mol. The molecule has 0 aliphatic carbocycles. The van der Waals surface area contributed by atoms with Crippen molar-refractivity contribution in [3.63, 3.8) is 0 Å². The molecule has 0 aromatic heterocycles. The lowest BCUT2D eigenvalue weighted by Gasteiger charge is -2.24. The minimum absolute atomic E-state index is 0.228. The van der Waals surface area contributed by atoms with Crippen molar-refractivity contribution in [1.82, 2.24) is 5.32 Å². The highest BCUT2D eigenvalue weighted by Gasteiger charge is 2.38. The maximum atomic E-state index is 13.8. The van der Waals surface area contributed by atoms with Gasteiger partial charge in [-0.15, -0.1) is 0 Å². The highest BCUT2D eigenvalue weighted by molar-refractivity contribution is 5.75. The number of nitrogens with one attached hydrogen (secondary N) is 1. The first-order chi connectivity index (χ1) is 9.28. The van der Waals surface area contributed by atoms with E-state index < -0.39 is 29.1 Å². The third-order valence-corrected chi connectivity index (χ3v) is 3.28. The van der Waals surface area contributed by atoms with E-state index in [-0.39, 0.29) is 11.5 Å². The van der Waals surface area contributed by atoms with Gasteiger partial charge in [-0.25, -0.2) is 8.78 Å². The molecule has 0 unspecified atom stereocenters. The molecule has 5 heteroatoms. The van der Waals surface area contributed by atoms with E-state index in [0.717, 1.165) is 18.2 Å². The summed E-state index contributed by atoms with van der Waals surface area (Å²) in [5.74, 6) is -2.27. The van der Waals surface area contributed by atoms with Crippen LogP contribution in [-0.2, 0) is 9.53 Å². The quantitative estimate of drug-likeness (QED) is 0.848. The van der Waals surface area contributed by atoms with E-state index >= 15 is 0 Å². The molecule has 0 radical (unpaired) electrons. The van der Waals surface area contributed by atoms with Crippen molar-refractivity contribution in [2.45, 2.75) is 32.3 Å². The molecule has 110 valence electrons. The minimum Gasteiger partial charge on any atom is -0.460 e. The van der Waals surface area contributed by atoms with Gasteiger partial charge < -0.3 is 10.1 Å². The van der Waals surface area contributed by atoms with Gasteiger partial charge in [0.25, 0.3) is 0 Å². The zero-order valence-electron chi connectivity index (χ0n) is 11.9. The summed E-state index contributed by atoms with van der Waals surface area (Å²) < 4.78 is 32.5. The average Bonchev–Trinajstić information content (AvgIpc) is 2.79. The fourth-order valence-electron chi connectivity index (χ4n) is 2.43. The van der Waals surface area contributed by atoms with E-state index in [0.29, 0.717) is 13.1 Å². The summed E-state index contributed by atoms with van der Waals surface area (Å²) in [6, 6.07) is 3.32. The monoisotopic (exact) mass is 283 g/mol. The second-order valence-electron chi connectivity index (χ2n) is 6.07. The molecule has 0 saturated carbocycles. The van der Waals surface area contributed by atoms with Crippen molar-refractivity contribution < 1.29 is 18.3 Å². The summed E-state index contributed by atoms with van der Waals surface area (Å²) in [6.07, 6.45) is 0. The molecule has 1 N–H and O–H groups in total. The number of carbonyl (C=O) groups is 1. The Morgan fingerprint density at radius 3 is 2.65 bits per heavy atom. The van der Waals surface area contributed by atoms with Crippen LogP contribution in [0.15, 0.2) is 18.2 Å². The Balaban J connectivity index is 2.23. The van der Waals surface area contributed by atoms with Gasteiger partial charge in [-0.2, -0.15) is 0 Å². The zero-order chi connectivity index (χ0) is 14.9. The minimum atomic E-state index is -0.593. The molecule has 0 spiro atoms. The second kappa shape index (κ2) is 5.48. The Labute approximate surface area is 117 Å². The Hall–Kier alpha value is -1.49. The fourth-order valence-corrected chi connectivity index (χ4v) is 2.43. The normalized spacial score (nSPS) is 22.9. The topological polar surface area (TPSA) is 38.3 Å². The third-order valence-electron chi connectivity index (χ3n) is 3.28. The SMILES string of the molecule is CC(C)(C)OC(=O)[C@@H]1CNC[C@H]1c1cc(F)ccc1F. The molecule has 1 aromatic carbocycles. The first-order valence-electron chi connectivity index (χ1n) is 6.66. The van der Waals surface area contributed by atoms with Crippen LogP contribution in [0.5, 0.6) is 0 Å². The molecule has 1 aliphatic heterocycles. The summed E-state index contributed by atoms with van der Waals surface area (Å²) in [5, 5.41) is 3.04. The lowest BCUT2D eigenvalue weighted by Crippen LogP contribution is -2.32. The molecule has 0 amide bonds. The Morgan fingerprint density at radius 1 is 1.30 bits per heavy atom. The number of halogens is 2. The number of rotatable bonds is 2. The summed E-state index contributed by atoms with van der Waals surface area (Å²) in [5.41, 5.74) is -0.365. The van der Waals surface area contributed by atoms with Gasteiger partial charge in [-0.3, -0.25) is 4.79 Å². The van der Waals surface area contributed by atoms with Gasteiger partial charge in [0.15, 0.2) is 0 Å². The predicted octanol–water partition coefficient (Wildman–Crippen LogP) is 2.61. The number of hydrogen-bond donors (Lipinski definition) is 1. The molecular weight excluding hydrogens is 264 g/mol. The van der Waals surface area contributed by atoms with Gasteiger partial charge in [0.1, 0.15) is 17.2 Å². The standard InChI is InChI=1S/C15H19F2NO2/c1-15(2,3)20-14(19)12-8-18-7-11(12)10-6-9(16)4-5-13(10)17/h4-6,11-12,18H,7-8H2,1-3H3/t11-,12+/m0/s1. The molecule has 1 aliphatic rings. The van der Waals surface area contributed by atoms with Gasteiger partial charge in [0.05, 0.1) is 5.92 Å². The second-order valence-corrected chi connectivity index (χ2v) is 6.07. The molecule has 3 nitrogen and oxygen atoms in total. The molecule has 1 fully saturated rings. The van der Waals surface area contributed by atoms with Gasteiger partial charge in [0, 0.05) is 19.0 Å². The van der Waals surface area contributed by atoms with Crippen molar-refractivity contribution in [2.75, 3.05) is 13.1 Å². The van der Waals surface area contributed by atoms with Crippen molar-refractivity contribution in [1.29, 1.82) is 0 Å². The van der Waals surface area contributed by atoms with Crippen molar-refractivity contribution >= 4 is 5.97 Å². The summed E-state index contributed by atoms with van der Waals surface area (Å²) in [4.78, 5) is 12.2. The molecule has 2 rings (SSSR count). The zero-order valence-corrected chi connectivity index (χ0v) is 11.9. The van der Waals surface area contributed by atoms with Crippen LogP contribution >= 0.6 is 0 Å². The first-order valence-corrected chi connectivity index (χ1v) is 6.66. The van der Waals surface area contributed by atoms with E-state index in [1.54, 1.807) is 20.8 Å². The molecule has 1 heterocycles. The van der Waals surface area contributed by atoms with Crippen molar-refractivity contribution in [2.24, 2.45) is 5.92 Å². The highest BCUT2D eigenvalue weighted by atomic mass is 19.1. The van der Waals surface area contributed by atoms with E-state index in [9.17, 15) is 13.6 Å². The van der Waals surface area contributed by atoms with Crippen LogP contribution in [-0.4, -0.2) is 24.7 Å². The van der Waals surface area contributed by atoms with Crippen LogP contribution in [0.1, 0.15) is 32.3 Å². The number of benzene rings is 1. The van der Waals surface area contributed by atoms with Crippen molar-refractivity contribution in [3.8, 4) is 0 Å². The van der Waals surface area contributed by atoms with Crippen LogP contribution in [0.3, 0.4) is 0 Å². The van der Waals surface area contributed by atoms with Gasteiger partial charge in [0.2, 0.25) is 0 Å². The van der Waals surface area contributed by atoms with Crippen LogP contribution in [0.25, 0.3) is 0 Å². The van der Waals surface area contributed by atoms with Gasteiger partial charge in [-0.1, -0.05) is 0 Å². The lowest BCUT2D eigenvalue weighted by atomic mass is 9.88. The fraction of sp³-hybridized carbons (Fsp3) is 0.533. The largest absolute Gasteiger partial charge is 0.460 e. The number of esters is 1. The molecule has 1 saturated heterocycles. The third kappa shape index (κ3) is 3.33. The number of hydrogen-bond acceptors (Lipinski definition) is 3. The molecule has 0 bridgehead atoms. The van der Waals surface area contributed by atoms with Gasteiger partial charge in [-0.05, 0) is 44.5 Å². The maximum Gasteiger partial charge on any atom is 0.311 e. The summed E-state index contributed by atoms with van der Waals surface area (Å²) in [6.45, 7) is 6.20. The van der Waals surface area contributed by atoms with Crippen molar-refractivity contribution in [3.05, 3.63) is 35.4 Å². The first kappa shape index (κ1) is 14.9. The number of ether oxygens (including phenoxy) is 1. The summed E-state index contributed by atoms with van der Waals surface area (Å²) in [7, 11) is 0. The van der Waals surface area contributed by atoms with Crippen LogP contribution in [0, 0.1) is 17.6 Å². The van der Waals surface area contributed by atoms with Crippen LogP contribution in [0.4, 0.5) is 8.78 Å². The lowest BCUT2D eigenvalue weighted by molar-refractivity contribution is -0.159. The van der Waals surface area contributed by atoms with E-state index in [1.165, 1.54) is 0 Å². The molecule has 1 aromatic rings. The maximum absolute atomic E-state index is 13.8. The molecular formula is C15H19F2NO2. The highest BCUT2D eigenvalue weighted by Crippen LogP contribution is 2.32. The van der Waals surface area contributed by atoms with E-state index in [1.807, 2.05) is 0 Å². The van der Waals surface area contributed by atoms with Gasteiger partial charge >= 0.3 is 5.97 Å². The number of carbonyl (C=O) groups excluding carboxylic acids is 1. The van der Waals surface area contributed by atoms with E-state index in [2.05, 4.69) is 5.32 Å². The van der Waals surface area contributed by atoms with Crippen LogP contribution < -0.4 is 5.32 Å². The van der Waals surface area contributed by atoms with Crippen LogP contribution in [0.2, 0.25) is 0 Å². The Kier molecular flexibility index (Phi) is 4.09. The Bertz CT molecular complexity index is 511. The molecule has 20 heavy (non-hydrogen) atoms. The Morgan fingerprint density at radius 2 is 2.00 bits per heavy atom. The average molecular weight is 283 g/mol. The van der Waals surface area contributed by atoms with E-state index in [4.69, 9.17) is 4.74 Å². The summed E-state index contributed by atoms with van der Waals surface area (Å²) >= 11 is 0. The molecule has 2 atom stereocenters.